The van der Waals surface area contributed by atoms with Gasteiger partial charge in [0.2, 0.25) is 11.8 Å². The molecule has 7 nitrogen and oxygen atoms in total. The molecule has 0 radical (unpaired) electrons. The van der Waals surface area contributed by atoms with Crippen LogP contribution in [0, 0.1) is 13.8 Å². The van der Waals surface area contributed by atoms with Crippen molar-refractivity contribution in [2.45, 2.75) is 75.9 Å². The van der Waals surface area contributed by atoms with Gasteiger partial charge in [0, 0.05) is 34.1 Å². The highest BCUT2D eigenvalue weighted by atomic mass is 35.5. The minimum atomic E-state index is -4.27. The van der Waals surface area contributed by atoms with E-state index in [4.69, 9.17) is 34.8 Å². The first-order chi connectivity index (χ1) is 23.4. The van der Waals surface area contributed by atoms with Crippen molar-refractivity contribution >= 4 is 62.3 Å². The second-order valence-electron chi connectivity index (χ2n) is 12.5. The van der Waals surface area contributed by atoms with Gasteiger partial charge in [0.15, 0.2) is 0 Å². The number of sulfonamides is 1. The predicted molar refractivity (Wildman–Crippen MR) is 198 cm³/mol. The lowest BCUT2D eigenvalue weighted by molar-refractivity contribution is -0.140. The number of nitrogens with zero attached hydrogens (tertiary/aromatic N) is 2. The van der Waals surface area contributed by atoms with Crippen LogP contribution in [0.25, 0.3) is 0 Å². The molecule has 258 valence electrons. The van der Waals surface area contributed by atoms with E-state index in [1.54, 1.807) is 55.5 Å². The van der Waals surface area contributed by atoms with E-state index in [9.17, 15) is 18.0 Å². The molecule has 0 aromatic heterocycles. The molecule has 1 aliphatic carbocycles. The molecule has 49 heavy (non-hydrogen) atoms. The minimum Gasteiger partial charge on any atom is -0.352 e. The second kappa shape index (κ2) is 16.4. The summed E-state index contributed by atoms with van der Waals surface area (Å²) in [6.45, 7) is 2.92. The number of amides is 2. The molecule has 1 saturated carbocycles. The van der Waals surface area contributed by atoms with Crippen LogP contribution in [0.1, 0.15) is 54.4 Å². The van der Waals surface area contributed by atoms with E-state index in [2.05, 4.69) is 5.32 Å². The first kappa shape index (κ1) is 36.7. The molecule has 1 aliphatic rings. The quantitative estimate of drug-likeness (QED) is 0.158. The standard InChI is InChI=1S/C38H40Cl3N3O4S/c1-26-16-20-32(21-17-26)49(47,48)44(35-15-9-14-33(40)27(35)2)25-37(45)43(24-29-18-19-30(39)23-34(29)41)36(22-28-10-5-3-6-11-28)38(46)42-31-12-7-4-8-13-31/h3,5-6,9-11,14-21,23,31,36H,4,7-8,12-13,22,24-25H2,1-2H3,(H,42,46)/t36-/m0/s1. The number of halogens is 3. The minimum absolute atomic E-state index is 0.0110. The van der Waals surface area contributed by atoms with Crippen LogP contribution < -0.4 is 9.62 Å². The Hall–Kier alpha value is -3.56. The van der Waals surface area contributed by atoms with Crippen molar-refractivity contribution in [3.05, 3.63) is 128 Å². The molecule has 0 spiro atoms. The summed E-state index contributed by atoms with van der Waals surface area (Å²) < 4.78 is 29.8. The third kappa shape index (κ3) is 9.17. The van der Waals surface area contributed by atoms with E-state index >= 15 is 0 Å². The van der Waals surface area contributed by atoms with Gasteiger partial charge < -0.3 is 10.2 Å². The Morgan fingerprint density at radius 2 is 1.53 bits per heavy atom. The number of aryl methyl sites for hydroxylation is 1. The van der Waals surface area contributed by atoms with E-state index in [0.717, 1.165) is 47.5 Å². The first-order valence-corrected chi connectivity index (χ1v) is 18.9. The zero-order chi connectivity index (χ0) is 35.1. The highest BCUT2D eigenvalue weighted by Gasteiger charge is 2.36. The van der Waals surface area contributed by atoms with Crippen LogP contribution in [0.15, 0.2) is 95.9 Å². The number of hydrogen-bond donors (Lipinski definition) is 1. The zero-order valence-corrected chi connectivity index (χ0v) is 30.6. The first-order valence-electron chi connectivity index (χ1n) is 16.4. The molecule has 0 aliphatic heterocycles. The lowest BCUT2D eigenvalue weighted by Crippen LogP contribution is -2.55. The van der Waals surface area contributed by atoms with Gasteiger partial charge in [0.05, 0.1) is 10.6 Å². The summed E-state index contributed by atoms with van der Waals surface area (Å²) in [4.78, 5) is 30.6. The van der Waals surface area contributed by atoms with Gasteiger partial charge in [0.1, 0.15) is 12.6 Å². The maximum Gasteiger partial charge on any atom is 0.264 e. The van der Waals surface area contributed by atoms with Crippen LogP contribution in [-0.2, 0) is 32.6 Å². The van der Waals surface area contributed by atoms with E-state index < -0.39 is 28.5 Å². The molecule has 5 rings (SSSR count). The highest BCUT2D eigenvalue weighted by Crippen LogP contribution is 2.32. The van der Waals surface area contributed by atoms with E-state index in [1.807, 2.05) is 37.3 Å². The smallest absolute Gasteiger partial charge is 0.264 e. The largest absolute Gasteiger partial charge is 0.352 e. The molecule has 0 bridgehead atoms. The van der Waals surface area contributed by atoms with Gasteiger partial charge in [-0.2, -0.15) is 0 Å². The van der Waals surface area contributed by atoms with Crippen LogP contribution in [-0.4, -0.2) is 43.8 Å². The topological polar surface area (TPSA) is 86.8 Å². The Kier molecular flexibility index (Phi) is 12.3. The van der Waals surface area contributed by atoms with Gasteiger partial charge in [0.25, 0.3) is 10.0 Å². The zero-order valence-electron chi connectivity index (χ0n) is 27.5. The van der Waals surface area contributed by atoms with Crippen molar-refractivity contribution in [3.8, 4) is 0 Å². The number of carbonyl (C=O) groups is 2. The van der Waals surface area contributed by atoms with E-state index in [-0.39, 0.29) is 35.5 Å². The van der Waals surface area contributed by atoms with Crippen LogP contribution >= 0.6 is 34.8 Å². The van der Waals surface area contributed by atoms with Crippen molar-refractivity contribution < 1.29 is 18.0 Å². The molecule has 2 amide bonds. The summed E-state index contributed by atoms with van der Waals surface area (Å²) in [5.74, 6) is -0.887. The fraction of sp³-hybridized carbons (Fsp3) is 0.316. The average Bonchev–Trinajstić information content (AvgIpc) is 3.08. The van der Waals surface area contributed by atoms with Gasteiger partial charge in [-0.05, 0) is 79.8 Å². The summed E-state index contributed by atoms with van der Waals surface area (Å²) in [5, 5.41) is 4.32. The monoisotopic (exact) mass is 739 g/mol. The number of carbonyl (C=O) groups excluding carboxylic acids is 2. The molecule has 11 heteroatoms. The number of anilines is 1. The average molecular weight is 741 g/mol. The third-order valence-corrected chi connectivity index (χ3v) is 11.7. The van der Waals surface area contributed by atoms with Gasteiger partial charge in [-0.15, -0.1) is 0 Å². The van der Waals surface area contributed by atoms with Crippen LogP contribution in [0.3, 0.4) is 0 Å². The molecular formula is C38H40Cl3N3O4S. The molecule has 1 atom stereocenters. The van der Waals surface area contributed by atoms with Gasteiger partial charge >= 0.3 is 0 Å². The van der Waals surface area contributed by atoms with Gasteiger partial charge in [-0.1, -0.05) is 114 Å². The lowest BCUT2D eigenvalue weighted by Gasteiger charge is -2.35. The Balaban J connectivity index is 1.60. The van der Waals surface area contributed by atoms with Crippen molar-refractivity contribution in [2.75, 3.05) is 10.8 Å². The molecule has 1 N–H and O–H groups in total. The summed E-state index contributed by atoms with van der Waals surface area (Å²) >= 11 is 19.3. The van der Waals surface area contributed by atoms with Crippen LogP contribution in [0.2, 0.25) is 15.1 Å². The highest BCUT2D eigenvalue weighted by molar-refractivity contribution is 7.92. The number of rotatable bonds is 12. The van der Waals surface area contributed by atoms with Crippen LogP contribution in [0.5, 0.6) is 0 Å². The molecule has 4 aromatic carbocycles. The lowest BCUT2D eigenvalue weighted by atomic mass is 9.94. The van der Waals surface area contributed by atoms with Crippen molar-refractivity contribution in [2.24, 2.45) is 0 Å². The molecule has 1 fully saturated rings. The maximum absolute atomic E-state index is 14.8. The van der Waals surface area contributed by atoms with E-state index in [0.29, 0.717) is 26.2 Å². The Morgan fingerprint density at radius 3 is 2.20 bits per heavy atom. The van der Waals surface area contributed by atoms with Gasteiger partial charge in [-0.3, -0.25) is 13.9 Å². The molecule has 0 saturated heterocycles. The Morgan fingerprint density at radius 1 is 0.837 bits per heavy atom. The van der Waals surface area contributed by atoms with Crippen molar-refractivity contribution in [3.63, 3.8) is 0 Å². The number of hydrogen-bond acceptors (Lipinski definition) is 4. The molecular weight excluding hydrogens is 701 g/mol. The summed E-state index contributed by atoms with van der Waals surface area (Å²) in [7, 11) is -4.27. The maximum atomic E-state index is 14.8. The number of nitrogens with one attached hydrogen (secondary N) is 1. The summed E-state index contributed by atoms with van der Waals surface area (Å²) in [6.07, 6.45) is 5.07. The molecule has 0 heterocycles. The summed E-state index contributed by atoms with van der Waals surface area (Å²) in [5.41, 5.74) is 3.06. The third-order valence-electron chi connectivity index (χ3n) is 8.97. The predicted octanol–water partition coefficient (Wildman–Crippen LogP) is 8.55. The van der Waals surface area contributed by atoms with Gasteiger partial charge in [-0.25, -0.2) is 8.42 Å². The fourth-order valence-corrected chi connectivity index (χ4v) is 8.26. The van der Waals surface area contributed by atoms with Crippen molar-refractivity contribution in [1.29, 1.82) is 0 Å². The normalized spacial score (nSPS) is 14.2. The fourth-order valence-electron chi connectivity index (χ4n) is 6.15. The Bertz CT molecular complexity index is 1880. The SMILES string of the molecule is Cc1ccc(S(=O)(=O)N(CC(=O)N(Cc2ccc(Cl)cc2Cl)[C@@H](Cc2ccccc2)C(=O)NC2CCCCC2)c2cccc(Cl)c2C)cc1. The number of benzene rings is 4. The van der Waals surface area contributed by atoms with Crippen LogP contribution in [0.4, 0.5) is 5.69 Å². The summed E-state index contributed by atoms with van der Waals surface area (Å²) in [6, 6.07) is 24.8. The van der Waals surface area contributed by atoms with E-state index in [1.165, 1.54) is 17.0 Å². The second-order valence-corrected chi connectivity index (χ2v) is 15.6. The molecule has 4 aromatic rings. The van der Waals surface area contributed by atoms with Crippen molar-refractivity contribution in [1.82, 2.24) is 10.2 Å². The molecule has 0 unspecified atom stereocenters. The Labute approximate surface area is 304 Å².